The molecule has 4 aliphatic rings. The van der Waals surface area contributed by atoms with E-state index in [-0.39, 0.29) is 5.54 Å². The second-order valence-electron chi connectivity index (χ2n) is 8.85. The van der Waals surface area contributed by atoms with Crippen molar-refractivity contribution in [3.05, 3.63) is 22.3 Å². The van der Waals surface area contributed by atoms with E-state index in [0.29, 0.717) is 10.8 Å². The molecule has 4 aliphatic carbocycles. The summed E-state index contributed by atoms with van der Waals surface area (Å²) < 4.78 is 1.06. The number of aromatic nitrogens is 1. The Morgan fingerprint density at radius 1 is 1.14 bits per heavy atom. The molecule has 0 amide bonds. The van der Waals surface area contributed by atoms with Crippen molar-refractivity contribution in [2.75, 3.05) is 5.32 Å². The smallest absolute Gasteiger partial charge is 0.129 e. The third kappa shape index (κ3) is 2.32. The van der Waals surface area contributed by atoms with Gasteiger partial charge in [0.2, 0.25) is 0 Å². The summed E-state index contributed by atoms with van der Waals surface area (Å²) in [7, 11) is 0. The lowest BCUT2D eigenvalue weighted by Crippen LogP contribution is -2.61. The van der Waals surface area contributed by atoms with Crippen LogP contribution in [0.2, 0.25) is 0 Å². The van der Waals surface area contributed by atoms with Gasteiger partial charge < -0.3 is 5.32 Å². The van der Waals surface area contributed by atoms with Crippen LogP contribution in [0, 0.1) is 23.7 Å². The highest BCUT2D eigenvalue weighted by molar-refractivity contribution is 9.10. The fourth-order valence-electron chi connectivity index (χ4n) is 6.51. The predicted molar refractivity (Wildman–Crippen MR) is 90.4 cm³/mol. The predicted octanol–water partition coefficient (Wildman–Crippen LogP) is 5.31. The molecule has 2 nitrogen and oxygen atoms in total. The van der Waals surface area contributed by atoms with Gasteiger partial charge in [-0.3, -0.25) is 0 Å². The van der Waals surface area contributed by atoms with Crippen molar-refractivity contribution < 1.29 is 0 Å². The number of hydrogen-bond acceptors (Lipinski definition) is 2. The van der Waals surface area contributed by atoms with Crippen LogP contribution in [0.4, 0.5) is 5.82 Å². The number of anilines is 1. The van der Waals surface area contributed by atoms with Crippen molar-refractivity contribution >= 4 is 21.7 Å². The summed E-state index contributed by atoms with van der Waals surface area (Å²) in [5, 5.41) is 3.90. The second kappa shape index (κ2) is 4.24. The number of nitrogens with zero attached hydrogens (tertiary/aromatic N) is 1. The molecule has 4 saturated carbocycles. The summed E-state index contributed by atoms with van der Waals surface area (Å²) in [6.45, 7) is 7.20. The molecule has 0 saturated heterocycles. The Morgan fingerprint density at radius 2 is 1.81 bits per heavy atom. The Balaban J connectivity index is 1.68. The number of pyridine rings is 1. The zero-order valence-corrected chi connectivity index (χ0v) is 14.9. The van der Waals surface area contributed by atoms with Gasteiger partial charge in [0.25, 0.3) is 0 Å². The van der Waals surface area contributed by atoms with Crippen molar-refractivity contribution in [1.82, 2.24) is 4.98 Å². The van der Waals surface area contributed by atoms with Crippen LogP contribution in [-0.2, 0) is 0 Å². The molecule has 0 spiro atoms. The van der Waals surface area contributed by atoms with Crippen LogP contribution >= 0.6 is 15.9 Å². The topological polar surface area (TPSA) is 24.9 Å². The molecule has 2 atom stereocenters. The van der Waals surface area contributed by atoms with Gasteiger partial charge in [-0.05, 0) is 89.8 Å². The maximum atomic E-state index is 4.64. The standard InChI is InChI=1S/C18H25BrN2/c1-12-4-14(19)8-20-15(12)21-18-7-13-5-16(2,10-18)9-17(3,6-13)11-18/h4,8,13H,5-7,9-11H2,1-3H3,(H,20,21). The normalized spacial score (nSPS) is 44.1. The van der Waals surface area contributed by atoms with E-state index in [4.69, 9.17) is 0 Å². The lowest BCUT2D eigenvalue weighted by Gasteiger charge is -2.65. The van der Waals surface area contributed by atoms with E-state index >= 15 is 0 Å². The fraction of sp³-hybridized carbons (Fsp3) is 0.722. The molecular formula is C18H25BrN2. The number of aryl methyl sites for hydroxylation is 1. The van der Waals surface area contributed by atoms with Crippen LogP contribution in [0.3, 0.4) is 0 Å². The Bertz CT molecular complexity index is 579. The molecule has 2 unspecified atom stereocenters. The van der Waals surface area contributed by atoms with Gasteiger partial charge in [0.05, 0.1) is 0 Å². The maximum absolute atomic E-state index is 4.64. The van der Waals surface area contributed by atoms with Crippen molar-refractivity contribution in [1.29, 1.82) is 0 Å². The Labute approximate surface area is 136 Å². The highest BCUT2D eigenvalue weighted by atomic mass is 79.9. The van der Waals surface area contributed by atoms with Crippen LogP contribution in [-0.4, -0.2) is 10.5 Å². The van der Waals surface area contributed by atoms with Crippen molar-refractivity contribution in [3.8, 4) is 0 Å². The van der Waals surface area contributed by atoms with Crippen molar-refractivity contribution in [2.24, 2.45) is 16.7 Å². The molecule has 0 aromatic carbocycles. The highest BCUT2D eigenvalue weighted by Crippen LogP contribution is 2.66. The fourth-order valence-corrected chi connectivity index (χ4v) is 6.96. The van der Waals surface area contributed by atoms with E-state index in [2.05, 4.69) is 53.1 Å². The number of hydrogen-bond donors (Lipinski definition) is 1. The molecule has 1 N–H and O–H groups in total. The average Bonchev–Trinajstić information content (AvgIpc) is 2.28. The zero-order chi connectivity index (χ0) is 14.9. The van der Waals surface area contributed by atoms with Crippen LogP contribution < -0.4 is 5.32 Å². The molecule has 4 fully saturated rings. The maximum Gasteiger partial charge on any atom is 0.129 e. The number of rotatable bonds is 2. The summed E-state index contributed by atoms with van der Waals surface area (Å²) in [6.07, 6.45) is 10.2. The molecule has 0 aliphatic heterocycles. The van der Waals surface area contributed by atoms with Crippen LogP contribution in [0.15, 0.2) is 16.7 Å². The molecule has 4 bridgehead atoms. The number of nitrogens with one attached hydrogen (secondary N) is 1. The van der Waals surface area contributed by atoms with Crippen LogP contribution in [0.5, 0.6) is 0 Å². The average molecular weight is 349 g/mol. The SMILES string of the molecule is Cc1cc(Br)cnc1NC12CC3CC(C)(CC(C)(C3)C1)C2. The van der Waals surface area contributed by atoms with Gasteiger partial charge in [-0.2, -0.15) is 0 Å². The monoisotopic (exact) mass is 348 g/mol. The van der Waals surface area contributed by atoms with E-state index in [0.717, 1.165) is 16.2 Å². The van der Waals surface area contributed by atoms with Gasteiger partial charge in [0.15, 0.2) is 0 Å². The first kappa shape index (κ1) is 14.0. The summed E-state index contributed by atoms with van der Waals surface area (Å²) in [5.41, 5.74) is 2.62. The minimum atomic E-state index is 0.286. The molecule has 1 aromatic heterocycles. The first-order valence-corrected chi connectivity index (χ1v) is 8.99. The Morgan fingerprint density at radius 3 is 2.38 bits per heavy atom. The summed E-state index contributed by atoms with van der Waals surface area (Å²) in [6, 6.07) is 2.17. The van der Waals surface area contributed by atoms with E-state index in [1.807, 2.05) is 6.20 Å². The lowest BCUT2D eigenvalue weighted by atomic mass is 9.43. The zero-order valence-electron chi connectivity index (χ0n) is 13.3. The van der Waals surface area contributed by atoms with Gasteiger partial charge in [-0.1, -0.05) is 13.8 Å². The molecule has 0 radical (unpaired) electrons. The summed E-state index contributed by atoms with van der Waals surface area (Å²) >= 11 is 3.52. The summed E-state index contributed by atoms with van der Waals surface area (Å²) in [4.78, 5) is 4.64. The van der Waals surface area contributed by atoms with Crippen LogP contribution in [0.1, 0.15) is 57.9 Å². The minimum absolute atomic E-state index is 0.286. The van der Waals surface area contributed by atoms with Gasteiger partial charge in [0.1, 0.15) is 5.82 Å². The third-order valence-corrected chi connectivity index (χ3v) is 6.49. The van der Waals surface area contributed by atoms with E-state index in [9.17, 15) is 0 Å². The van der Waals surface area contributed by atoms with Crippen molar-refractivity contribution in [2.45, 2.75) is 64.8 Å². The first-order chi connectivity index (χ1) is 9.79. The summed E-state index contributed by atoms with van der Waals surface area (Å²) in [5.74, 6) is 2.01. The van der Waals surface area contributed by atoms with Crippen LogP contribution in [0.25, 0.3) is 0 Å². The quantitative estimate of drug-likeness (QED) is 0.782. The van der Waals surface area contributed by atoms with Gasteiger partial charge >= 0.3 is 0 Å². The second-order valence-corrected chi connectivity index (χ2v) is 9.77. The molecule has 114 valence electrons. The van der Waals surface area contributed by atoms with Crippen molar-refractivity contribution in [3.63, 3.8) is 0 Å². The highest BCUT2D eigenvalue weighted by Gasteiger charge is 2.60. The third-order valence-electron chi connectivity index (χ3n) is 6.05. The van der Waals surface area contributed by atoms with Gasteiger partial charge in [0, 0.05) is 16.2 Å². The van der Waals surface area contributed by atoms with E-state index in [1.54, 1.807) is 0 Å². The molecule has 21 heavy (non-hydrogen) atoms. The molecule has 5 rings (SSSR count). The Hall–Kier alpha value is -0.570. The molecular weight excluding hydrogens is 324 g/mol. The molecule has 1 heterocycles. The molecule has 3 heteroatoms. The molecule has 1 aromatic rings. The van der Waals surface area contributed by atoms with E-state index < -0.39 is 0 Å². The minimum Gasteiger partial charge on any atom is -0.364 e. The van der Waals surface area contributed by atoms with Gasteiger partial charge in [-0.25, -0.2) is 4.98 Å². The lowest BCUT2D eigenvalue weighted by molar-refractivity contribution is -0.0974. The van der Waals surface area contributed by atoms with Gasteiger partial charge in [-0.15, -0.1) is 0 Å². The number of halogens is 1. The largest absolute Gasteiger partial charge is 0.364 e. The Kier molecular flexibility index (Phi) is 2.84. The van der Waals surface area contributed by atoms with E-state index in [1.165, 1.54) is 44.1 Å². The first-order valence-electron chi connectivity index (χ1n) is 8.19.